The average molecular weight is 318 g/mol. The Bertz CT molecular complexity index is 395. The van der Waals surface area contributed by atoms with Gasteiger partial charge in [0, 0.05) is 15.8 Å². The van der Waals surface area contributed by atoms with Gasteiger partial charge in [-0.05, 0) is 40.3 Å². The Morgan fingerprint density at radius 3 is 2.93 bits per heavy atom. The van der Waals surface area contributed by atoms with Crippen LogP contribution in [0.15, 0.2) is 18.2 Å². The number of cyclic esters (lactones) is 1. The Morgan fingerprint density at radius 2 is 2.33 bits per heavy atom. The fourth-order valence-corrected chi connectivity index (χ4v) is 2.04. The molecule has 1 aromatic carbocycles. The molecule has 0 spiro atoms. The number of benzene rings is 1. The van der Waals surface area contributed by atoms with E-state index in [0.29, 0.717) is 19.7 Å². The van der Waals surface area contributed by atoms with Crippen LogP contribution in [0.4, 0.5) is 10.5 Å². The number of carbonyl (C=O) groups excluding carboxylic acids is 1. The first-order valence-electron chi connectivity index (χ1n) is 4.62. The zero-order chi connectivity index (χ0) is 10.8. The number of hydrogen-bond acceptors (Lipinski definition) is 3. The van der Waals surface area contributed by atoms with Crippen molar-refractivity contribution < 1.29 is 9.53 Å². The molecule has 1 heterocycles. The number of anilines is 1. The number of nitrogens with two attached hydrogens (primary N) is 1. The Balaban J connectivity index is 2.10. The van der Waals surface area contributed by atoms with Crippen LogP contribution in [0.5, 0.6) is 0 Å². The van der Waals surface area contributed by atoms with Gasteiger partial charge in [0.25, 0.3) is 0 Å². The van der Waals surface area contributed by atoms with Crippen molar-refractivity contribution in [3.8, 4) is 0 Å². The normalized spacial score (nSPS) is 15.5. The number of amides is 1. The van der Waals surface area contributed by atoms with Crippen molar-refractivity contribution in [2.24, 2.45) is 0 Å². The van der Waals surface area contributed by atoms with Crippen LogP contribution in [-0.2, 0) is 11.3 Å². The second-order valence-electron chi connectivity index (χ2n) is 3.39. The molecule has 2 N–H and O–H groups in total. The standard InChI is InChI=1S/C10H11IN2O2/c11-8-5-7(1-2-9(8)12)6-13-3-4-15-10(13)14/h1-2,5H,3-4,6,12H2. The molecular formula is C10H11IN2O2. The number of nitrogens with zero attached hydrogens (tertiary/aromatic N) is 1. The number of nitrogen functional groups attached to an aromatic ring is 1. The quantitative estimate of drug-likeness (QED) is 0.668. The maximum absolute atomic E-state index is 11.2. The molecule has 1 aliphatic heterocycles. The van der Waals surface area contributed by atoms with Crippen molar-refractivity contribution in [2.45, 2.75) is 6.54 Å². The van der Waals surface area contributed by atoms with Gasteiger partial charge in [0.15, 0.2) is 0 Å². The van der Waals surface area contributed by atoms with E-state index in [-0.39, 0.29) is 6.09 Å². The van der Waals surface area contributed by atoms with Crippen molar-refractivity contribution >= 4 is 34.4 Å². The summed E-state index contributed by atoms with van der Waals surface area (Å²) in [6.07, 6.45) is -0.234. The van der Waals surface area contributed by atoms with E-state index in [1.165, 1.54) is 0 Å². The van der Waals surface area contributed by atoms with Gasteiger partial charge in [-0.3, -0.25) is 0 Å². The van der Waals surface area contributed by atoms with Gasteiger partial charge in [-0.25, -0.2) is 4.79 Å². The molecule has 0 bridgehead atoms. The first-order valence-corrected chi connectivity index (χ1v) is 5.70. The summed E-state index contributed by atoms with van der Waals surface area (Å²) in [7, 11) is 0. The minimum atomic E-state index is -0.234. The smallest absolute Gasteiger partial charge is 0.410 e. The molecule has 0 atom stereocenters. The zero-order valence-electron chi connectivity index (χ0n) is 8.07. The molecular weight excluding hydrogens is 307 g/mol. The minimum Gasteiger partial charge on any atom is -0.448 e. The van der Waals surface area contributed by atoms with Crippen LogP contribution in [-0.4, -0.2) is 24.1 Å². The zero-order valence-corrected chi connectivity index (χ0v) is 10.2. The lowest BCUT2D eigenvalue weighted by atomic mass is 10.2. The molecule has 0 saturated carbocycles. The van der Waals surface area contributed by atoms with Gasteiger partial charge in [0.2, 0.25) is 0 Å². The van der Waals surface area contributed by atoms with Gasteiger partial charge >= 0.3 is 6.09 Å². The number of rotatable bonds is 2. The summed E-state index contributed by atoms with van der Waals surface area (Å²) in [6, 6.07) is 5.78. The van der Waals surface area contributed by atoms with Crippen molar-refractivity contribution in [2.75, 3.05) is 18.9 Å². The number of hydrogen-bond donors (Lipinski definition) is 1. The highest BCUT2D eigenvalue weighted by atomic mass is 127. The second kappa shape index (κ2) is 4.26. The first-order chi connectivity index (χ1) is 7.16. The monoisotopic (exact) mass is 318 g/mol. The Hall–Kier alpha value is -0.980. The van der Waals surface area contributed by atoms with Crippen LogP contribution in [0.3, 0.4) is 0 Å². The van der Waals surface area contributed by atoms with Crippen molar-refractivity contribution in [1.82, 2.24) is 4.90 Å². The summed E-state index contributed by atoms with van der Waals surface area (Å²) in [4.78, 5) is 12.9. The van der Waals surface area contributed by atoms with Crippen molar-refractivity contribution in [3.05, 3.63) is 27.3 Å². The second-order valence-corrected chi connectivity index (χ2v) is 4.55. The fraction of sp³-hybridized carbons (Fsp3) is 0.300. The molecule has 5 heteroatoms. The van der Waals surface area contributed by atoms with E-state index < -0.39 is 0 Å². The van der Waals surface area contributed by atoms with E-state index in [9.17, 15) is 4.79 Å². The van der Waals surface area contributed by atoms with E-state index in [0.717, 1.165) is 14.8 Å². The van der Waals surface area contributed by atoms with Crippen LogP contribution in [0, 0.1) is 3.57 Å². The number of ether oxygens (including phenoxy) is 1. The highest BCUT2D eigenvalue weighted by Gasteiger charge is 2.21. The maximum atomic E-state index is 11.2. The molecule has 4 nitrogen and oxygen atoms in total. The third kappa shape index (κ3) is 2.34. The van der Waals surface area contributed by atoms with Gasteiger partial charge in [0.1, 0.15) is 6.61 Å². The Labute approximate surface area is 102 Å². The molecule has 0 aromatic heterocycles. The first kappa shape index (κ1) is 10.5. The molecule has 1 aliphatic rings. The average Bonchev–Trinajstić information content (AvgIpc) is 2.59. The van der Waals surface area contributed by atoms with E-state index in [2.05, 4.69) is 22.6 Å². The molecule has 1 fully saturated rings. The van der Waals surface area contributed by atoms with Crippen LogP contribution >= 0.6 is 22.6 Å². The summed E-state index contributed by atoms with van der Waals surface area (Å²) < 4.78 is 5.86. The van der Waals surface area contributed by atoms with Gasteiger partial charge in [-0.2, -0.15) is 0 Å². The lowest BCUT2D eigenvalue weighted by Gasteiger charge is -2.12. The summed E-state index contributed by atoms with van der Waals surface area (Å²) in [5.74, 6) is 0. The van der Waals surface area contributed by atoms with Crippen LogP contribution in [0.2, 0.25) is 0 Å². The molecule has 0 radical (unpaired) electrons. The van der Waals surface area contributed by atoms with Crippen molar-refractivity contribution in [3.63, 3.8) is 0 Å². The van der Waals surface area contributed by atoms with Gasteiger partial charge in [0.05, 0.1) is 6.54 Å². The van der Waals surface area contributed by atoms with E-state index in [4.69, 9.17) is 10.5 Å². The van der Waals surface area contributed by atoms with Gasteiger partial charge in [-0.15, -0.1) is 0 Å². The predicted molar refractivity (Wildman–Crippen MR) is 65.3 cm³/mol. The lowest BCUT2D eigenvalue weighted by Crippen LogP contribution is -2.23. The Kier molecular flexibility index (Phi) is 2.99. The van der Waals surface area contributed by atoms with E-state index >= 15 is 0 Å². The number of carbonyl (C=O) groups is 1. The SMILES string of the molecule is Nc1ccc(CN2CCOC2=O)cc1I. The minimum absolute atomic E-state index is 0.234. The molecule has 1 aromatic rings. The summed E-state index contributed by atoms with van der Waals surface area (Å²) in [5, 5.41) is 0. The topological polar surface area (TPSA) is 55.6 Å². The molecule has 2 rings (SSSR count). The highest BCUT2D eigenvalue weighted by Crippen LogP contribution is 2.18. The van der Waals surface area contributed by atoms with Crippen molar-refractivity contribution in [1.29, 1.82) is 0 Å². The van der Waals surface area contributed by atoms with Gasteiger partial charge < -0.3 is 15.4 Å². The summed E-state index contributed by atoms with van der Waals surface area (Å²) >= 11 is 2.18. The van der Waals surface area contributed by atoms with E-state index in [1.54, 1.807) is 4.90 Å². The summed E-state index contributed by atoms with van der Waals surface area (Å²) in [6.45, 7) is 1.75. The third-order valence-corrected chi connectivity index (χ3v) is 3.22. The lowest BCUT2D eigenvalue weighted by molar-refractivity contribution is 0.157. The summed E-state index contributed by atoms with van der Waals surface area (Å²) in [5.41, 5.74) is 7.55. The van der Waals surface area contributed by atoms with Crippen LogP contribution < -0.4 is 5.73 Å². The van der Waals surface area contributed by atoms with Crippen LogP contribution in [0.1, 0.15) is 5.56 Å². The van der Waals surface area contributed by atoms with E-state index in [1.807, 2.05) is 18.2 Å². The maximum Gasteiger partial charge on any atom is 0.410 e. The Morgan fingerprint density at radius 1 is 1.53 bits per heavy atom. The largest absolute Gasteiger partial charge is 0.448 e. The number of halogens is 1. The van der Waals surface area contributed by atoms with Crippen LogP contribution in [0.25, 0.3) is 0 Å². The molecule has 1 saturated heterocycles. The fourth-order valence-electron chi connectivity index (χ4n) is 1.46. The predicted octanol–water partition coefficient (Wildman–Crippen LogP) is 1.83. The highest BCUT2D eigenvalue weighted by molar-refractivity contribution is 14.1. The molecule has 0 aliphatic carbocycles. The molecule has 80 valence electrons. The molecule has 15 heavy (non-hydrogen) atoms. The van der Waals surface area contributed by atoms with Gasteiger partial charge in [-0.1, -0.05) is 6.07 Å². The third-order valence-electron chi connectivity index (χ3n) is 2.28. The molecule has 0 unspecified atom stereocenters. The molecule has 1 amide bonds.